The average Bonchev–Trinajstić information content (AvgIpc) is 3.40. The molecule has 2 aliphatic rings. The smallest absolute Gasteiger partial charge is 0.226 e. The van der Waals surface area contributed by atoms with E-state index in [2.05, 4.69) is 5.16 Å². The maximum absolute atomic E-state index is 13.4. The Morgan fingerprint density at radius 2 is 1.96 bits per heavy atom. The van der Waals surface area contributed by atoms with Crippen molar-refractivity contribution in [2.24, 2.45) is 11.1 Å². The normalized spacial score (nSPS) is 19.0. The van der Waals surface area contributed by atoms with Crippen molar-refractivity contribution in [1.29, 1.82) is 0 Å². The Hall–Kier alpha value is -2.69. The van der Waals surface area contributed by atoms with E-state index in [0.717, 1.165) is 29.7 Å². The summed E-state index contributed by atoms with van der Waals surface area (Å²) in [5, 5.41) is 4.12. The van der Waals surface area contributed by atoms with Gasteiger partial charge in [-0.2, -0.15) is 0 Å². The Labute approximate surface area is 152 Å². The van der Waals surface area contributed by atoms with Crippen LogP contribution in [-0.4, -0.2) is 29.2 Å². The lowest BCUT2D eigenvalue weighted by Crippen LogP contribution is -2.38. The number of halogens is 1. The minimum absolute atomic E-state index is 0.156. The van der Waals surface area contributed by atoms with Crippen molar-refractivity contribution in [3.8, 4) is 0 Å². The van der Waals surface area contributed by atoms with Gasteiger partial charge >= 0.3 is 0 Å². The molecule has 0 N–H and O–H groups in total. The minimum atomic E-state index is -0.289. The summed E-state index contributed by atoms with van der Waals surface area (Å²) in [5.41, 5.74) is 2.56. The fourth-order valence-electron chi connectivity index (χ4n) is 3.24. The molecule has 5 heteroatoms. The third-order valence-corrected chi connectivity index (χ3v) is 4.77. The zero-order valence-corrected chi connectivity index (χ0v) is 14.5. The Bertz CT molecular complexity index is 818. The monoisotopic (exact) mass is 352 g/mol. The Morgan fingerprint density at radius 3 is 2.69 bits per heavy atom. The number of oxime groups is 1. The van der Waals surface area contributed by atoms with Gasteiger partial charge in [0.15, 0.2) is 6.10 Å². The van der Waals surface area contributed by atoms with Crippen molar-refractivity contribution in [2.75, 3.05) is 6.54 Å². The fraction of sp³-hybridized carbons (Fsp3) is 0.333. The van der Waals surface area contributed by atoms with Gasteiger partial charge in [-0.25, -0.2) is 4.39 Å². The SMILES string of the molecule is O=C(C1CC1)N(Cc1ccccc1)C[C@H]1CC(c2cccc(F)c2)=NO1. The van der Waals surface area contributed by atoms with Crippen LogP contribution in [-0.2, 0) is 16.2 Å². The van der Waals surface area contributed by atoms with E-state index in [9.17, 15) is 9.18 Å². The first-order chi connectivity index (χ1) is 12.7. The van der Waals surface area contributed by atoms with Crippen molar-refractivity contribution < 1.29 is 14.0 Å². The summed E-state index contributed by atoms with van der Waals surface area (Å²) >= 11 is 0. The van der Waals surface area contributed by atoms with Gasteiger partial charge in [-0.3, -0.25) is 4.79 Å². The van der Waals surface area contributed by atoms with Gasteiger partial charge in [0, 0.05) is 24.4 Å². The van der Waals surface area contributed by atoms with Gasteiger partial charge in [0.2, 0.25) is 5.91 Å². The number of amides is 1. The first kappa shape index (κ1) is 16.8. The summed E-state index contributed by atoms with van der Waals surface area (Å²) in [6.45, 7) is 1.07. The van der Waals surface area contributed by atoms with Gasteiger partial charge < -0.3 is 9.74 Å². The molecule has 2 aromatic carbocycles. The number of carbonyl (C=O) groups is 1. The molecule has 0 aromatic heterocycles. The highest BCUT2D eigenvalue weighted by Crippen LogP contribution is 2.32. The number of rotatable bonds is 6. The lowest BCUT2D eigenvalue weighted by molar-refractivity contribution is -0.135. The van der Waals surface area contributed by atoms with E-state index in [-0.39, 0.29) is 23.7 Å². The second-order valence-electron chi connectivity index (χ2n) is 6.96. The molecule has 1 amide bonds. The summed E-state index contributed by atoms with van der Waals surface area (Å²) in [5.74, 6) is 0.0589. The summed E-state index contributed by atoms with van der Waals surface area (Å²) in [4.78, 5) is 20.1. The number of nitrogens with zero attached hydrogens (tertiary/aromatic N) is 2. The van der Waals surface area contributed by atoms with Crippen LogP contribution < -0.4 is 0 Å². The highest BCUT2D eigenvalue weighted by Gasteiger charge is 2.35. The topological polar surface area (TPSA) is 41.9 Å². The van der Waals surface area contributed by atoms with Gasteiger partial charge in [-0.05, 0) is 30.5 Å². The first-order valence-corrected chi connectivity index (χ1v) is 9.00. The molecule has 1 heterocycles. The van der Waals surface area contributed by atoms with Crippen LogP contribution in [0.3, 0.4) is 0 Å². The Morgan fingerprint density at radius 1 is 1.15 bits per heavy atom. The van der Waals surface area contributed by atoms with Gasteiger partial charge in [0.1, 0.15) is 5.82 Å². The van der Waals surface area contributed by atoms with E-state index in [4.69, 9.17) is 4.84 Å². The molecule has 0 saturated heterocycles. The lowest BCUT2D eigenvalue weighted by atomic mass is 10.0. The van der Waals surface area contributed by atoms with Gasteiger partial charge in [-0.15, -0.1) is 0 Å². The van der Waals surface area contributed by atoms with Crippen molar-refractivity contribution in [3.05, 3.63) is 71.5 Å². The van der Waals surface area contributed by atoms with E-state index in [1.807, 2.05) is 41.3 Å². The second kappa shape index (κ2) is 7.28. The van der Waals surface area contributed by atoms with Crippen LogP contribution >= 0.6 is 0 Å². The molecular formula is C21H21FN2O2. The van der Waals surface area contributed by atoms with E-state index >= 15 is 0 Å². The van der Waals surface area contributed by atoms with Crippen molar-refractivity contribution >= 4 is 11.6 Å². The zero-order chi connectivity index (χ0) is 17.9. The molecule has 26 heavy (non-hydrogen) atoms. The summed E-state index contributed by atoms with van der Waals surface area (Å²) < 4.78 is 13.4. The number of hydrogen-bond acceptors (Lipinski definition) is 3. The van der Waals surface area contributed by atoms with Crippen LogP contribution in [0.15, 0.2) is 59.8 Å². The molecule has 2 aromatic rings. The summed E-state index contributed by atoms with van der Waals surface area (Å²) in [7, 11) is 0. The standard InChI is InChI=1S/C21H21FN2O2/c22-18-8-4-7-17(11-18)20-12-19(26-23-20)14-24(21(25)16-9-10-16)13-15-5-2-1-3-6-15/h1-8,11,16,19H,9-10,12-14H2/t19-/m1/s1. The first-order valence-electron chi connectivity index (χ1n) is 9.00. The molecule has 0 bridgehead atoms. The molecule has 1 atom stereocenters. The Balaban J connectivity index is 1.42. The predicted octanol–water partition coefficient (Wildman–Crippen LogP) is 3.76. The molecule has 1 fully saturated rings. The van der Waals surface area contributed by atoms with Crippen LogP contribution in [0.4, 0.5) is 4.39 Å². The molecule has 0 radical (unpaired) electrons. The van der Waals surface area contributed by atoms with Crippen LogP contribution in [0.1, 0.15) is 30.4 Å². The van der Waals surface area contributed by atoms with Crippen molar-refractivity contribution in [2.45, 2.75) is 31.9 Å². The third kappa shape index (κ3) is 3.93. The van der Waals surface area contributed by atoms with Gasteiger partial charge in [0.25, 0.3) is 0 Å². The van der Waals surface area contributed by atoms with Crippen LogP contribution in [0, 0.1) is 11.7 Å². The van der Waals surface area contributed by atoms with E-state index < -0.39 is 0 Å². The molecule has 0 spiro atoms. The molecule has 134 valence electrons. The average molecular weight is 352 g/mol. The largest absolute Gasteiger partial charge is 0.390 e. The molecular weight excluding hydrogens is 331 g/mol. The lowest BCUT2D eigenvalue weighted by Gasteiger charge is -2.25. The Kier molecular flexibility index (Phi) is 4.69. The zero-order valence-electron chi connectivity index (χ0n) is 14.5. The van der Waals surface area contributed by atoms with Gasteiger partial charge in [0.05, 0.1) is 12.3 Å². The van der Waals surface area contributed by atoms with Crippen molar-refractivity contribution in [1.82, 2.24) is 4.90 Å². The number of benzene rings is 2. The highest BCUT2D eigenvalue weighted by molar-refractivity contribution is 6.01. The summed E-state index contributed by atoms with van der Waals surface area (Å²) in [6.07, 6.45) is 2.33. The van der Waals surface area contributed by atoms with Crippen LogP contribution in [0.2, 0.25) is 0 Å². The summed E-state index contributed by atoms with van der Waals surface area (Å²) in [6, 6.07) is 16.3. The second-order valence-corrected chi connectivity index (χ2v) is 6.96. The molecule has 1 saturated carbocycles. The van der Waals surface area contributed by atoms with Crippen LogP contribution in [0.5, 0.6) is 0 Å². The van der Waals surface area contributed by atoms with Gasteiger partial charge in [-0.1, -0.05) is 47.6 Å². The van der Waals surface area contributed by atoms with E-state index in [1.165, 1.54) is 12.1 Å². The van der Waals surface area contributed by atoms with E-state index in [0.29, 0.717) is 19.5 Å². The molecule has 0 unspecified atom stereocenters. The minimum Gasteiger partial charge on any atom is -0.390 e. The molecule has 1 aliphatic heterocycles. The number of hydrogen-bond donors (Lipinski definition) is 0. The predicted molar refractivity (Wildman–Crippen MR) is 97.0 cm³/mol. The van der Waals surface area contributed by atoms with E-state index in [1.54, 1.807) is 6.07 Å². The highest BCUT2D eigenvalue weighted by atomic mass is 19.1. The molecule has 4 rings (SSSR count). The fourth-order valence-corrected chi connectivity index (χ4v) is 3.24. The molecule has 4 nitrogen and oxygen atoms in total. The quantitative estimate of drug-likeness (QED) is 0.794. The number of carbonyl (C=O) groups excluding carboxylic acids is 1. The maximum atomic E-state index is 13.4. The molecule has 1 aliphatic carbocycles. The van der Waals surface area contributed by atoms with Crippen molar-refractivity contribution in [3.63, 3.8) is 0 Å². The van der Waals surface area contributed by atoms with Crippen LogP contribution in [0.25, 0.3) is 0 Å². The maximum Gasteiger partial charge on any atom is 0.226 e. The third-order valence-electron chi connectivity index (χ3n) is 4.77.